The summed E-state index contributed by atoms with van der Waals surface area (Å²) in [5.41, 5.74) is 0. The summed E-state index contributed by atoms with van der Waals surface area (Å²) in [5.74, 6) is 0. The van der Waals surface area contributed by atoms with Crippen molar-refractivity contribution in [1.29, 1.82) is 0 Å². The van der Waals surface area contributed by atoms with Gasteiger partial charge in [0.05, 0.1) is 0 Å². The second-order valence-electron chi connectivity index (χ2n) is 2.09. The summed E-state index contributed by atoms with van der Waals surface area (Å²) in [7, 11) is 0. The fourth-order valence-corrected chi connectivity index (χ4v) is 0.689. The van der Waals surface area contributed by atoms with Crippen molar-refractivity contribution < 1.29 is 24.8 Å². The second kappa shape index (κ2) is 22.5. The van der Waals surface area contributed by atoms with E-state index in [4.69, 9.17) is 6.58 Å². The minimum Gasteiger partial charge on any atom is -1.00 e. The van der Waals surface area contributed by atoms with Gasteiger partial charge in [-0.05, 0) is 12.8 Å². The molecule has 0 bridgehead atoms. The Balaban J connectivity index is -0.0000000817. The Morgan fingerprint density at radius 3 is 2.00 bits per heavy atom. The van der Waals surface area contributed by atoms with Crippen LogP contribution in [0.4, 0.5) is 0 Å². The molecule has 0 nitrogen and oxygen atoms in total. The van der Waals surface area contributed by atoms with E-state index in [0.29, 0.717) is 0 Å². The summed E-state index contributed by atoms with van der Waals surface area (Å²) in [6, 6.07) is 0. The average molecular weight is 297 g/mol. The third-order valence-corrected chi connectivity index (χ3v) is 1.22. The van der Waals surface area contributed by atoms with Gasteiger partial charge in [0.1, 0.15) is 0 Å². The molecular weight excluding hydrogens is 282 g/mol. The zero-order valence-corrected chi connectivity index (χ0v) is 11.8. The van der Waals surface area contributed by atoms with Gasteiger partial charge in [0, 0.05) is 25.8 Å². The van der Waals surface area contributed by atoms with E-state index < -0.39 is 0 Å². The third-order valence-electron chi connectivity index (χ3n) is 1.22. The average Bonchev–Trinajstić information content (AvgIpc) is 1.81. The molecular formula is C8H15Cl2In-2. The van der Waals surface area contributed by atoms with Crippen LogP contribution in [0.3, 0.4) is 0 Å². The Hall–Kier alpha value is 1.19. The van der Waals surface area contributed by atoms with Gasteiger partial charge in [-0.25, -0.2) is 0 Å². The standard InChI is InChI=1S/C8H15.2ClH.In/c1-3-5-7-8-6-4-2;;;/h1,3H,4-8H2,2H3;2*1H;/p-2. The number of hydrogen-bond acceptors (Lipinski definition) is 0. The van der Waals surface area contributed by atoms with Crippen LogP contribution < -0.4 is 24.8 Å². The molecule has 0 spiro atoms. The molecule has 0 heterocycles. The van der Waals surface area contributed by atoms with Gasteiger partial charge < -0.3 is 24.8 Å². The van der Waals surface area contributed by atoms with Crippen LogP contribution in [0.5, 0.6) is 0 Å². The van der Waals surface area contributed by atoms with Crippen LogP contribution >= 0.6 is 0 Å². The van der Waals surface area contributed by atoms with Crippen molar-refractivity contribution in [3.63, 3.8) is 0 Å². The molecule has 0 atom stereocenters. The minimum atomic E-state index is 0. The molecule has 0 aliphatic carbocycles. The summed E-state index contributed by atoms with van der Waals surface area (Å²) in [6.07, 6.45) is 8.10. The van der Waals surface area contributed by atoms with Crippen LogP contribution in [0.25, 0.3) is 0 Å². The molecule has 3 heteroatoms. The molecule has 0 aliphatic rings. The largest absolute Gasteiger partial charge is 1.00 e. The van der Waals surface area contributed by atoms with Crippen LogP contribution in [0.1, 0.15) is 39.0 Å². The first-order valence-corrected chi connectivity index (χ1v) is 3.45. The van der Waals surface area contributed by atoms with Gasteiger partial charge in [0.2, 0.25) is 0 Å². The van der Waals surface area contributed by atoms with E-state index >= 15 is 0 Å². The Morgan fingerprint density at radius 2 is 1.64 bits per heavy atom. The maximum Gasteiger partial charge on any atom is 0 e. The molecule has 0 rings (SSSR count). The van der Waals surface area contributed by atoms with Gasteiger partial charge in [-0.15, -0.1) is 0 Å². The van der Waals surface area contributed by atoms with Crippen LogP contribution in [0.2, 0.25) is 0 Å². The Morgan fingerprint density at radius 1 is 1.09 bits per heavy atom. The summed E-state index contributed by atoms with van der Waals surface area (Å²) in [4.78, 5) is 0. The normalized spacial score (nSPS) is 6.64. The van der Waals surface area contributed by atoms with E-state index in [1.165, 1.54) is 25.7 Å². The monoisotopic (exact) mass is 296 g/mol. The zero-order chi connectivity index (χ0) is 6.24. The molecule has 66 valence electrons. The first-order valence-electron chi connectivity index (χ1n) is 3.45. The molecule has 0 aliphatic heterocycles. The van der Waals surface area contributed by atoms with Gasteiger partial charge in [0.25, 0.3) is 0 Å². The first-order chi connectivity index (χ1) is 3.91. The van der Waals surface area contributed by atoms with Gasteiger partial charge in [-0.2, -0.15) is 0 Å². The maximum absolute atomic E-state index is 5.19. The zero-order valence-electron chi connectivity index (χ0n) is 7.02. The summed E-state index contributed by atoms with van der Waals surface area (Å²) >= 11 is 0. The van der Waals surface area contributed by atoms with Gasteiger partial charge in [0.15, 0.2) is 0 Å². The number of rotatable bonds is 5. The molecule has 0 saturated heterocycles. The summed E-state index contributed by atoms with van der Waals surface area (Å²) in [6.45, 7) is 7.40. The number of allylic oxidation sites excluding steroid dienone is 1. The van der Waals surface area contributed by atoms with E-state index in [0.717, 1.165) is 6.42 Å². The molecule has 0 aromatic carbocycles. The van der Waals surface area contributed by atoms with Crippen molar-refractivity contribution in [1.82, 2.24) is 0 Å². The van der Waals surface area contributed by atoms with Gasteiger partial charge in [-0.1, -0.05) is 38.8 Å². The van der Waals surface area contributed by atoms with Crippen molar-refractivity contribution >= 4 is 25.8 Å². The molecule has 0 aromatic heterocycles. The van der Waals surface area contributed by atoms with E-state index in [9.17, 15) is 0 Å². The summed E-state index contributed by atoms with van der Waals surface area (Å²) < 4.78 is 0. The Bertz CT molecular complexity index is 58.1. The van der Waals surface area contributed by atoms with E-state index in [2.05, 4.69) is 6.92 Å². The Kier molecular flexibility index (Phi) is 46.5. The second-order valence-corrected chi connectivity index (χ2v) is 2.09. The number of halogens is 2. The van der Waals surface area contributed by atoms with Gasteiger partial charge >= 0.3 is 0 Å². The quantitative estimate of drug-likeness (QED) is 0.464. The minimum absolute atomic E-state index is 0. The predicted octanol–water partition coefficient (Wildman–Crippen LogP) is -3.43. The molecule has 0 unspecified atom stereocenters. The SMILES string of the molecule is [CH]=CCCCCCC.[Cl-].[Cl-].[In]. The summed E-state index contributed by atoms with van der Waals surface area (Å²) in [5, 5.41) is 0. The molecule has 0 aromatic rings. The topological polar surface area (TPSA) is 0 Å². The molecule has 4 radical (unpaired) electrons. The van der Waals surface area contributed by atoms with Crippen molar-refractivity contribution in [2.75, 3.05) is 0 Å². The Labute approximate surface area is 102 Å². The maximum atomic E-state index is 5.19. The van der Waals surface area contributed by atoms with Crippen LogP contribution in [-0.4, -0.2) is 25.8 Å². The smallest absolute Gasteiger partial charge is 0 e. The fourth-order valence-electron chi connectivity index (χ4n) is 0.689. The predicted molar refractivity (Wildman–Crippen MR) is 43.4 cm³/mol. The van der Waals surface area contributed by atoms with Crippen molar-refractivity contribution in [3.8, 4) is 0 Å². The van der Waals surface area contributed by atoms with E-state index in [1.54, 1.807) is 6.08 Å². The molecule has 0 N–H and O–H groups in total. The van der Waals surface area contributed by atoms with E-state index in [1.807, 2.05) is 0 Å². The third kappa shape index (κ3) is 24.7. The van der Waals surface area contributed by atoms with Crippen LogP contribution in [0.15, 0.2) is 6.08 Å². The molecule has 0 amide bonds. The van der Waals surface area contributed by atoms with Crippen LogP contribution in [-0.2, 0) is 0 Å². The first kappa shape index (κ1) is 22.8. The number of hydrogen-bond donors (Lipinski definition) is 0. The van der Waals surface area contributed by atoms with Crippen LogP contribution in [0, 0.1) is 6.58 Å². The number of unbranched alkanes of at least 4 members (excludes halogenated alkanes) is 4. The molecule has 11 heavy (non-hydrogen) atoms. The van der Waals surface area contributed by atoms with Crippen molar-refractivity contribution in [3.05, 3.63) is 12.7 Å². The van der Waals surface area contributed by atoms with E-state index in [-0.39, 0.29) is 50.7 Å². The fraction of sp³-hybridized carbons (Fsp3) is 0.750. The van der Waals surface area contributed by atoms with Crippen molar-refractivity contribution in [2.24, 2.45) is 0 Å². The van der Waals surface area contributed by atoms with Crippen molar-refractivity contribution in [2.45, 2.75) is 39.0 Å². The molecule has 0 saturated carbocycles. The molecule has 0 fully saturated rings. The van der Waals surface area contributed by atoms with Gasteiger partial charge in [-0.3, -0.25) is 0 Å².